The first kappa shape index (κ1) is 17.6. The maximum absolute atomic E-state index is 11.3. The van der Waals surface area contributed by atoms with Crippen LogP contribution in [-0.4, -0.2) is 22.1 Å². The first-order valence-corrected chi connectivity index (χ1v) is 6.73. The Morgan fingerprint density at radius 1 is 1.43 bits per heavy atom. The largest absolute Gasteiger partial charge is 0.465 e. The van der Waals surface area contributed by atoms with E-state index in [1.807, 2.05) is 0 Å². The lowest BCUT2D eigenvalue weighted by atomic mass is 10.3. The standard InChI is InChI=1S/C13H13Cl2N3O2.ClH/c1-2-20-13(19)7-18-6-12(16-8-18)17-11-4-3-9(14)5-10(11)15;/h3-6,8,17H,2,7H2,1H3;1H. The third-order valence-electron chi connectivity index (χ3n) is 2.44. The van der Waals surface area contributed by atoms with Crippen LogP contribution in [0.15, 0.2) is 30.7 Å². The Labute approximate surface area is 138 Å². The summed E-state index contributed by atoms with van der Waals surface area (Å²) in [6, 6.07) is 5.13. The molecule has 2 aromatic rings. The summed E-state index contributed by atoms with van der Waals surface area (Å²) in [4.78, 5) is 15.5. The highest BCUT2D eigenvalue weighted by Gasteiger charge is 2.07. The smallest absolute Gasteiger partial charge is 0.325 e. The lowest BCUT2D eigenvalue weighted by Crippen LogP contribution is -2.11. The summed E-state index contributed by atoms with van der Waals surface area (Å²) in [5.41, 5.74) is 0.692. The number of nitrogens with one attached hydrogen (secondary N) is 1. The van der Waals surface area contributed by atoms with Gasteiger partial charge >= 0.3 is 5.97 Å². The van der Waals surface area contributed by atoms with Crippen molar-refractivity contribution < 1.29 is 9.53 Å². The molecule has 114 valence electrons. The summed E-state index contributed by atoms with van der Waals surface area (Å²) < 4.78 is 6.49. The Balaban J connectivity index is 0.00000220. The zero-order valence-corrected chi connectivity index (χ0v) is 13.5. The molecule has 0 fully saturated rings. The van der Waals surface area contributed by atoms with Gasteiger partial charge in [0.2, 0.25) is 0 Å². The molecule has 0 aliphatic heterocycles. The molecule has 0 aliphatic rings. The summed E-state index contributed by atoms with van der Waals surface area (Å²) in [7, 11) is 0. The molecule has 0 bridgehead atoms. The van der Waals surface area contributed by atoms with Crippen LogP contribution in [0.2, 0.25) is 10.0 Å². The fourth-order valence-corrected chi connectivity index (χ4v) is 2.05. The molecule has 0 atom stereocenters. The molecule has 0 radical (unpaired) electrons. The van der Waals surface area contributed by atoms with Crippen molar-refractivity contribution in [3.8, 4) is 0 Å². The minimum atomic E-state index is -0.305. The number of nitrogens with zero attached hydrogens (tertiary/aromatic N) is 2. The number of anilines is 2. The minimum Gasteiger partial charge on any atom is -0.465 e. The van der Waals surface area contributed by atoms with Gasteiger partial charge in [0.05, 0.1) is 23.6 Å². The number of halogens is 3. The van der Waals surface area contributed by atoms with Crippen LogP contribution in [0.25, 0.3) is 0 Å². The molecule has 21 heavy (non-hydrogen) atoms. The van der Waals surface area contributed by atoms with E-state index in [2.05, 4.69) is 10.3 Å². The zero-order valence-electron chi connectivity index (χ0n) is 11.2. The highest BCUT2D eigenvalue weighted by atomic mass is 35.5. The van der Waals surface area contributed by atoms with E-state index in [4.69, 9.17) is 27.9 Å². The normalized spacial score (nSPS) is 9.86. The van der Waals surface area contributed by atoms with Crippen LogP contribution in [0, 0.1) is 0 Å². The van der Waals surface area contributed by atoms with Gasteiger partial charge < -0.3 is 14.6 Å². The molecule has 0 saturated heterocycles. The molecule has 2 rings (SSSR count). The van der Waals surface area contributed by atoms with E-state index in [-0.39, 0.29) is 24.9 Å². The molecule has 1 N–H and O–H groups in total. The van der Waals surface area contributed by atoms with Gasteiger partial charge in [0, 0.05) is 11.2 Å². The van der Waals surface area contributed by atoms with Crippen molar-refractivity contribution in [3.63, 3.8) is 0 Å². The van der Waals surface area contributed by atoms with E-state index in [1.165, 1.54) is 0 Å². The number of aromatic nitrogens is 2. The van der Waals surface area contributed by atoms with Crippen molar-refractivity contribution >= 4 is 53.1 Å². The van der Waals surface area contributed by atoms with Crippen molar-refractivity contribution in [2.45, 2.75) is 13.5 Å². The summed E-state index contributed by atoms with van der Waals surface area (Å²) >= 11 is 11.9. The van der Waals surface area contributed by atoms with Gasteiger partial charge in [0.15, 0.2) is 0 Å². The molecule has 0 spiro atoms. The number of esters is 1. The topological polar surface area (TPSA) is 56.2 Å². The van der Waals surface area contributed by atoms with Crippen LogP contribution in [0.5, 0.6) is 0 Å². The summed E-state index contributed by atoms with van der Waals surface area (Å²) in [6.07, 6.45) is 3.24. The number of carbonyl (C=O) groups is 1. The number of ether oxygens (including phenoxy) is 1. The molecule has 0 aliphatic carbocycles. The SMILES string of the molecule is CCOC(=O)Cn1cnc(Nc2ccc(Cl)cc2Cl)c1.Cl. The first-order chi connectivity index (χ1) is 9.58. The third-order valence-corrected chi connectivity index (χ3v) is 2.99. The number of carbonyl (C=O) groups excluding carboxylic acids is 1. The van der Waals surface area contributed by atoms with Crippen LogP contribution in [-0.2, 0) is 16.1 Å². The maximum Gasteiger partial charge on any atom is 0.325 e. The average Bonchev–Trinajstić information content (AvgIpc) is 2.80. The third kappa shape index (κ3) is 5.12. The quantitative estimate of drug-likeness (QED) is 0.830. The van der Waals surface area contributed by atoms with Gasteiger partial charge in [-0.25, -0.2) is 4.98 Å². The van der Waals surface area contributed by atoms with Gasteiger partial charge in [-0.05, 0) is 25.1 Å². The summed E-state index contributed by atoms with van der Waals surface area (Å²) in [5.74, 6) is 0.277. The number of imidazole rings is 1. The monoisotopic (exact) mass is 349 g/mol. The molecule has 1 aromatic heterocycles. The Morgan fingerprint density at radius 3 is 2.86 bits per heavy atom. The number of hydrogen-bond donors (Lipinski definition) is 1. The number of benzene rings is 1. The Kier molecular flexibility index (Phi) is 6.81. The molecular formula is C13H14Cl3N3O2. The van der Waals surface area contributed by atoms with Crippen molar-refractivity contribution in [1.29, 1.82) is 0 Å². The Hall–Kier alpha value is -1.43. The maximum atomic E-state index is 11.3. The van der Waals surface area contributed by atoms with E-state index in [1.54, 1.807) is 42.2 Å². The highest BCUT2D eigenvalue weighted by Crippen LogP contribution is 2.27. The lowest BCUT2D eigenvalue weighted by Gasteiger charge is -2.05. The van der Waals surface area contributed by atoms with E-state index < -0.39 is 0 Å². The number of rotatable bonds is 5. The first-order valence-electron chi connectivity index (χ1n) is 5.98. The Morgan fingerprint density at radius 2 is 2.19 bits per heavy atom. The minimum absolute atomic E-state index is 0. The average molecular weight is 351 g/mol. The van der Waals surface area contributed by atoms with Gasteiger partial charge in [0.1, 0.15) is 12.4 Å². The van der Waals surface area contributed by atoms with E-state index in [0.717, 1.165) is 0 Å². The fraction of sp³-hybridized carbons (Fsp3) is 0.231. The van der Waals surface area contributed by atoms with Crippen LogP contribution < -0.4 is 5.32 Å². The second-order valence-electron chi connectivity index (χ2n) is 3.99. The Bertz CT molecular complexity index is 616. The van der Waals surface area contributed by atoms with Gasteiger partial charge in [-0.3, -0.25) is 4.79 Å². The predicted molar refractivity (Wildman–Crippen MR) is 85.9 cm³/mol. The van der Waals surface area contributed by atoms with Crippen molar-refractivity contribution in [1.82, 2.24) is 9.55 Å². The van der Waals surface area contributed by atoms with E-state index in [0.29, 0.717) is 28.2 Å². The number of hydrogen-bond acceptors (Lipinski definition) is 4. The molecule has 0 unspecified atom stereocenters. The molecule has 1 aromatic carbocycles. The van der Waals surface area contributed by atoms with Crippen LogP contribution in [0.1, 0.15) is 6.92 Å². The van der Waals surface area contributed by atoms with E-state index in [9.17, 15) is 4.79 Å². The van der Waals surface area contributed by atoms with Gasteiger partial charge in [-0.1, -0.05) is 23.2 Å². The summed E-state index contributed by atoms with van der Waals surface area (Å²) in [5, 5.41) is 4.11. The molecule has 8 heteroatoms. The van der Waals surface area contributed by atoms with Crippen LogP contribution in [0.3, 0.4) is 0 Å². The summed E-state index contributed by atoms with van der Waals surface area (Å²) in [6.45, 7) is 2.25. The van der Waals surface area contributed by atoms with Crippen molar-refractivity contribution in [2.24, 2.45) is 0 Å². The van der Waals surface area contributed by atoms with Gasteiger partial charge in [-0.2, -0.15) is 0 Å². The van der Waals surface area contributed by atoms with E-state index >= 15 is 0 Å². The predicted octanol–water partition coefficient (Wildman–Crippen LogP) is 3.92. The molecule has 0 amide bonds. The highest BCUT2D eigenvalue weighted by molar-refractivity contribution is 6.36. The fourth-order valence-electron chi connectivity index (χ4n) is 1.60. The lowest BCUT2D eigenvalue weighted by molar-refractivity contribution is -0.143. The zero-order chi connectivity index (χ0) is 14.5. The molecule has 1 heterocycles. The van der Waals surface area contributed by atoms with Crippen LogP contribution in [0.4, 0.5) is 11.5 Å². The van der Waals surface area contributed by atoms with Crippen molar-refractivity contribution in [2.75, 3.05) is 11.9 Å². The van der Waals surface area contributed by atoms with Gasteiger partial charge in [0.25, 0.3) is 0 Å². The molecule has 0 saturated carbocycles. The van der Waals surface area contributed by atoms with Crippen molar-refractivity contribution in [3.05, 3.63) is 40.8 Å². The molecular weight excluding hydrogens is 337 g/mol. The molecule has 5 nitrogen and oxygen atoms in total. The second kappa shape index (κ2) is 8.12. The van der Waals surface area contributed by atoms with Crippen LogP contribution >= 0.6 is 35.6 Å². The van der Waals surface area contributed by atoms with Gasteiger partial charge in [-0.15, -0.1) is 12.4 Å². The second-order valence-corrected chi connectivity index (χ2v) is 4.83.